The van der Waals surface area contributed by atoms with E-state index < -0.39 is 37.1 Å². The van der Waals surface area contributed by atoms with Gasteiger partial charge in [-0.15, -0.1) is 0 Å². The van der Waals surface area contributed by atoms with Gasteiger partial charge < -0.3 is 15.2 Å². The number of nitrogens with zero attached hydrogens (tertiary/aromatic N) is 1. The Kier molecular flexibility index (Phi) is 5.46. The van der Waals surface area contributed by atoms with E-state index in [9.17, 15) is 23.1 Å². The molecular formula is C15H19F3N2O3. The van der Waals surface area contributed by atoms with Crippen molar-refractivity contribution in [2.45, 2.75) is 44.0 Å². The van der Waals surface area contributed by atoms with E-state index in [1.807, 2.05) is 0 Å². The van der Waals surface area contributed by atoms with Crippen molar-refractivity contribution < 1.29 is 27.8 Å². The van der Waals surface area contributed by atoms with Crippen LogP contribution in [-0.4, -0.2) is 35.4 Å². The Labute approximate surface area is 131 Å². The van der Waals surface area contributed by atoms with E-state index in [-0.39, 0.29) is 5.92 Å². The van der Waals surface area contributed by atoms with Gasteiger partial charge in [0, 0.05) is 18.7 Å². The molecule has 1 saturated carbocycles. The molecule has 1 aliphatic carbocycles. The van der Waals surface area contributed by atoms with Gasteiger partial charge in [0.1, 0.15) is 0 Å². The highest BCUT2D eigenvalue weighted by Gasteiger charge is 2.36. The number of hydrogen-bond donors (Lipinski definition) is 2. The Bertz CT molecular complexity index is 528. The normalized spacial score (nSPS) is 22.1. The maximum Gasteiger partial charge on any atom is 0.389 e. The molecule has 1 fully saturated rings. The van der Waals surface area contributed by atoms with Crippen LogP contribution >= 0.6 is 0 Å². The highest BCUT2D eigenvalue weighted by molar-refractivity contribution is 5.76. The molecule has 0 unspecified atom stereocenters. The van der Waals surface area contributed by atoms with Crippen molar-refractivity contribution >= 4 is 5.91 Å². The standard InChI is InChI=1S/C15H19F3N2O3/c1-23-13-3-2-9(8-19-13)14(10-6-11(21)7-10)20-12(22)4-5-15(16,17)18/h2-3,8,10-11,14,21H,4-7H2,1H3,(H,20,22)/t10?,11?,14-/m0/s1. The number of carbonyl (C=O) groups is 1. The minimum atomic E-state index is -4.36. The second-order valence-electron chi connectivity index (χ2n) is 5.68. The Balaban J connectivity index is 2.03. The molecular weight excluding hydrogens is 313 g/mol. The summed E-state index contributed by atoms with van der Waals surface area (Å²) >= 11 is 0. The topological polar surface area (TPSA) is 71.5 Å². The quantitative estimate of drug-likeness (QED) is 0.839. The van der Waals surface area contributed by atoms with Crippen LogP contribution in [0.15, 0.2) is 18.3 Å². The van der Waals surface area contributed by atoms with Gasteiger partial charge in [-0.05, 0) is 24.3 Å². The van der Waals surface area contributed by atoms with Crippen molar-refractivity contribution in [3.05, 3.63) is 23.9 Å². The number of nitrogens with one attached hydrogen (secondary N) is 1. The number of halogens is 3. The number of aromatic nitrogens is 1. The molecule has 5 nitrogen and oxygen atoms in total. The molecule has 23 heavy (non-hydrogen) atoms. The van der Waals surface area contributed by atoms with Gasteiger partial charge in [-0.2, -0.15) is 13.2 Å². The minimum absolute atomic E-state index is 0.0185. The van der Waals surface area contributed by atoms with Crippen LogP contribution in [-0.2, 0) is 4.79 Å². The van der Waals surface area contributed by atoms with E-state index in [2.05, 4.69) is 10.3 Å². The molecule has 2 N–H and O–H groups in total. The molecule has 0 saturated heterocycles. The average molecular weight is 332 g/mol. The molecule has 0 spiro atoms. The Morgan fingerprint density at radius 2 is 2.17 bits per heavy atom. The van der Waals surface area contributed by atoms with E-state index in [1.165, 1.54) is 13.3 Å². The van der Waals surface area contributed by atoms with Crippen LogP contribution in [0.25, 0.3) is 0 Å². The van der Waals surface area contributed by atoms with Crippen molar-refractivity contribution in [2.75, 3.05) is 7.11 Å². The van der Waals surface area contributed by atoms with Gasteiger partial charge >= 0.3 is 6.18 Å². The highest BCUT2D eigenvalue weighted by Crippen LogP contribution is 2.38. The summed E-state index contributed by atoms with van der Waals surface area (Å²) in [6, 6.07) is 2.88. The molecule has 1 amide bonds. The third kappa shape index (κ3) is 5.09. The first-order valence-electron chi connectivity index (χ1n) is 7.32. The summed E-state index contributed by atoms with van der Waals surface area (Å²) < 4.78 is 41.6. The van der Waals surface area contributed by atoms with Gasteiger partial charge in [0.25, 0.3) is 0 Å². The van der Waals surface area contributed by atoms with Gasteiger partial charge in [0.05, 0.1) is 25.7 Å². The second-order valence-corrected chi connectivity index (χ2v) is 5.68. The average Bonchev–Trinajstić information content (AvgIpc) is 2.47. The minimum Gasteiger partial charge on any atom is -0.481 e. The third-order valence-electron chi connectivity index (χ3n) is 3.90. The number of aliphatic hydroxyl groups excluding tert-OH is 1. The van der Waals surface area contributed by atoms with E-state index in [4.69, 9.17) is 4.74 Å². The number of methoxy groups -OCH3 is 1. The van der Waals surface area contributed by atoms with Crippen molar-refractivity contribution in [3.63, 3.8) is 0 Å². The largest absolute Gasteiger partial charge is 0.481 e. The molecule has 0 aromatic carbocycles. The van der Waals surface area contributed by atoms with Crippen molar-refractivity contribution in [1.82, 2.24) is 10.3 Å². The van der Waals surface area contributed by atoms with E-state index in [1.54, 1.807) is 12.1 Å². The van der Waals surface area contributed by atoms with Crippen molar-refractivity contribution in [1.29, 1.82) is 0 Å². The first-order chi connectivity index (χ1) is 10.8. The van der Waals surface area contributed by atoms with Gasteiger partial charge in [-0.25, -0.2) is 4.98 Å². The van der Waals surface area contributed by atoms with Crippen molar-refractivity contribution in [2.24, 2.45) is 5.92 Å². The number of pyridine rings is 1. The molecule has 1 heterocycles. The number of hydrogen-bond acceptors (Lipinski definition) is 4. The summed E-state index contributed by atoms with van der Waals surface area (Å²) in [5.41, 5.74) is 0.683. The maximum atomic E-state index is 12.2. The predicted octanol–water partition coefficient (Wildman–Crippen LogP) is 2.36. The van der Waals surface area contributed by atoms with Crippen LogP contribution in [0.3, 0.4) is 0 Å². The molecule has 2 rings (SSSR count). The fourth-order valence-electron chi connectivity index (χ4n) is 2.57. The summed E-state index contributed by atoms with van der Waals surface area (Å²) in [4.78, 5) is 15.9. The number of aliphatic hydroxyl groups is 1. The molecule has 0 bridgehead atoms. The van der Waals surface area contributed by atoms with Gasteiger partial charge in [0.15, 0.2) is 0 Å². The number of amides is 1. The summed E-state index contributed by atoms with van der Waals surface area (Å²) in [5, 5.41) is 12.1. The molecule has 1 aromatic heterocycles. The fraction of sp³-hybridized carbons (Fsp3) is 0.600. The summed E-state index contributed by atoms with van der Waals surface area (Å²) in [6.45, 7) is 0. The molecule has 128 valence electrons. The van der Waals surface area contributed by atoms with Crippen LogP contribution in [0.2, 0.25) is 0 Å². The van der Waals surface area contributed by atoms with E-state index in [0.29, 0.717) is 24.3 Å². The van der Waals surface area contributed by atoms with E-state index in [0.717, 1.165) is 0 Å². The van der Waals surface area contributed by atoms with Crippen LogP contribution in [0.4, 0.5) is 13.2 Å². The maximum absolute atomic E-state index is 12.2. The molecule has 1 atom stereocenters. The molecule has 1 aromatic rings. The lowest BCUT2D eigenvalue weighted by molar-refractivity contribution is -0.144. The van der Waals surface area contributed by atoms with Crippen LogP contribution in [0.5, 0.6) is 5.88 Å². The van der Waals surface area contributed by atoms with Crippen molar-refractivity contribution in [3.8, 4) is 5.88 Å². The first kappa shape index (κ1) is 17.5. The predicted molar refractivity (Wildman–Crippen MR) is 75.7 cm³/mol. The number of alkyl halides is 3. The van der Waals surface area contributed by atoms with Gasteiger partial charge in [-0.1, -0.05) is 6.07 Å². The Morgan fingerprint density at radius 3 is 2.65 bits per heavy atom. The molecule has 8 heteroatoms. The Morgan fingerprint density at radius 1 is 1.48 bits per heavy atom. The fourth-order valence-corrected chi connectivity index (χ4v) is 2.57. The number of ether oxygens (including phenoxy) is 1. The third-order valence-corrected chi connectivity index (χ3v) is 3.90. The van der Waals surface area contributed by atoms with Gasteiger partial charge in [0.2, 0.25) is 11.8 Å². The van der Waals surface area contributed by atoms with Gasteiger partial charge in [-0.3, -0.25) is 4.79 Å². The van der Waals surface area contributed by atoms with Crippen LogP contribution in [0.1, 0.15) is 37.3 Å². The smallest absolute Gasteiger partial charge is 0.389 e. The molecule has 0 aliphatic heterocycles. The van der Waals surface area contributed by atoms with E-state index >= 15 is 0 Å². The summed E-state index contributed by atoms with van der Waals surface area (Å²) in [5.74, 6) is -0.274. The zero-order valence-corrected chi connectivity index (χ0v) is 12.6. The summed E-state index contributed by atoms with van der Waals surface area (Å²) in [6.07, 6.45) is -4.04. The zero-order chi connectivity index (χ0) is 17.0. The molecule has 1 aliphatic rings. The lowest BCUT2D eigenvalue weighted by Crippen LogP contribution is -2.41. The number of carbonyl (C=O) groups excluding carboxylic acids is 1. The summed E-state index contributed by atoms with van der Waals surface area (Å²) in [7, 11) is 1.47. The first-order valence-corrected chi connectivity index (χ1v) is 7.32. The zero-order valence-electron chi connectivity index (χ0n) is 12.6. The lowest BCUT2D eigenvalue weighted by atomic mass is 9.75. The SMILES string of the molecule is COc1ccc([C@H](NC(=O)CCC(F)(F)F)C2CC(O)C2)cn1. The molecule has 0 radical (unpaired) electrons. The van der Waals surface area contributed by atoms with Crippen LogP contribution in [0, 0.1) is 5.92 Å². The van der Waals surface area contributed by atoms with Crippen LogP contribution < -0.4 is 10.1 Å². The highest BCUT2D eigenvalue weighted by atomic mass is 19.4. The second kappa shape index (κ2) is 7.16. The Hall–Kier alpha value is -1.83. The monoisotopic (exact) mass is 332 g/mol. The lowest BCUT2D eigenvalue weighted by Gasteiger charge is -2.38. The number of rotatable bonds is 6.